The van der Waals surface area contributed by atoms with Crippen LogP contribution in [-0.2, 0) is 10.0 Å². The molecule has 0 spiro atoms. The average molecular weight is 580 g/mol. The largest absolute Gasteiger partial charge is 0.455 e. The Morgan fingerprint density at radius 3 is 2.38 bits per heavy atom. The smallest absolute Gasteiger partial charge is 0.255 e. The molecule has 0 aliphatic heterocycles. The van der Waals surface area contributed by atoms with Crippen LogP contribution in [0.15, 0.2) is 102 Å². The van der Waals surface area contributed by atoms with E-state index in [1.807, 2.05) is 48.7 Å². The number of hydrogen-bond acceptors (Lipinski definition) is 5. The fourth-order valence-electron chi connectivity index (χ4n) is 4.99. The van der Waals surface area contributed by atoms with Crippen molar-refractivity contribution >= 4 is 43.4 Å². The molecule has 2 N–H and O–H groups in total. The van der Waals surface area contributed by atoms with Gasteiger partial charge in [0.05, 0.1) is 17.0 Å². The number of sulfonamides is 1. The normalized spacial score (nSPS) is 11.6. The summed E-state index contributed by atoms with van der Waals surface area (Å²) in [6.07, 6.45) is 3.56. The summed E-state index contributed by atoms with van der Waals surface area (Å²) in [7, 11) is -2.14. The van der Waals surface area contributed by atoms with Gasteiger partial charge in [0.2, 0.25) is 10.0 Å². The number of rotatable bonds is 7. The van der Waals surface area contributed by atoms with Gasteiger partial charge in [-0.1, -0.05) is 30.3 Å². The molecule has 210 valence electrons. The van der Waals surface area contributed by atoms with E-state index in [4.69, 9.17) is 4.42 Å². The van der Waals surface area contributed by atoms with Crippen molar-refractivity contribution in [3.05, 3.63) is 109 Å². The van der Waals surface area contributed by atoms with Crippen LogP contribution in [0.25, 0.3) is 55.3 Å². The number of nitrogens with zero attached hydrogens (tertiary/aromatic N) is 1. The Balaban J connectivity index is 1.57. The third kappa shape index (κ3) is 5.10. The van der Waals surface area contributed by atoms with E-state index in [-0.39, 0.29) is 23.0 Å². The summed E-state index contributed by atoms with van der Waals surface area (Å²) < 4.78 is 48.0. The molecule has 0 unspecified atom stereocenters. The topological polar surface area (TPSA) is 101 Å². The lowest BCUT2D eigenvalue weighted by Gasteiger charge is -2.14. The fourth-order valence-corrected chi connectivity index (χ4v) is 5.64. The summed E-state index contributed by atoms with van der Waals surface area (Å²) >= 11 is 0. The molecule has 0 bridgehead atoms. The standard InChI is InChI=1S/C33H26FN3O4S/c1-3-42(39,40)37-29-18-30-28(31(33(38)35-2)32(41-30)20-9-11-26(34)12-10-20)17-27(29)24-6-4-5-21(16-24)22-7-8-25-19-36-14-13-23(25)15-22/h4-19,37H,3H2,1-2H3,(H,35,38). The quantitative estimate of drug-likeness (QED) is 0.208. The molecule has 0 atom stereocenters. The molecule has 6 aromatic rings. The maximum absolute atomic E-state index is 13.7. The molecule has 0 saturated carbocycles. The van der Waals surface area contributed by atoms with Gasteiger partial charge in [0.1, 0.15) is 17.2 Å². The Kier molecular flexibility index (Phi) is 6.96. The lowest BCUT2D eigenvalue weighted by Crippen LogP contribution is -2.18. The van der Waals surface area contributed by atoms with Gasteiger partial charge in [0, 0.05) is 47.4 Å². The number of furan rings is 1. The second-order valence-corrected chi connectivity index (χ2v) is 11.8. The predicted molar refractivity (Wildman–Crippen MR) is 164 cm³/mol. The molecule has 9 heteroatoms. The second kappa shape index (κ2) is 10.8. The van der Waals surface area contributed by atoms with Crippen molar-refractivity contribution in [3.8, 4) is 33.6 Å². The van der Waals surface area contributed by atoms with Crippen LogP contribution < -0.4 is 10.0 Å². The number of halogens is 1. The SMILES string of the molecule is CCS(=O)(=O)Nc1cc2oc(-c3ccc(F)cc3)c(C(=O)NC)c2cc1-c1cccc(-c2ccc3cnccc3c2)c1. The summed E-state index contributed by atoms with van der Waals surface area (Å²) in [6.45, 7) is 1.56. The number of amides is 1. The Bertz CT molecular complexity index is 2090. The molecule has 0 aliphatic rings. The number of pyridine rings is 1. The molecule has 2 heterocycles. The lowest BCUT2D eigenvalue weighted by atomic mass is 9.95. The van der Waals surface area contributed by atoms with Crippen LogP contribution in [0.1, 0.15) is 17.3 Å². The lowest BCUT2D eigenvalue weighted by molar-refractivity contribution is 0.0964. The molecule has 0 saturated heterocycles. The number of carbonyl (C=O) groups excluding carboxylic acids is 1. The van der Waals surface area contributed by atoms with Crippen molar-refractivity contribution in [2.75, 3.05) is 17.5 Å². The molecular formula is C33H26FN3O4S. The highest BCUT2D eigenvalue weighted by Gasteiger charge is 2.24. The van der Waals surface area contributed by atoms with E-state index in [2.05, 4.69) is 21.1 Å². The van der Waals surface area contributed by atoms with Gasteiger partial charge in [-0.3, -0.25) is 14.5 Å². The van der Waals surface area contributed by atoms with Crippen molar-refractivity contribution in [2.45, 2.75) is 6.92 Å². The van der Waals surface area contributed by atoms with E-state index in [0.29, 0.717) is 27.8 Å². The molecule has 0 fully saturated rings. The van der Waals surface area contributed by atoms with Gasteiger partial charge >= 0.3 is 0 Å². The molecular weight excluding hydrogens is 553 g/mol. The summed E-state index contributed by atoms with van der Waals surface area (Å²) in [6, 6.07) is 24.8. The molecule has 6 rings (SSSR count). The third-order valence-corrected chi connectivity index (χ3v) is 8.47. The number of carbonyl (C=O) groups is 1. The highest BCUT2D eigenvalue weighted by atomic mass is 32.2. The van der Waals surface area contributed by atoms with E-state index in [1.165, 1.54) is 31.3 Å². The number of anilines is 1. The van der Waals surface area contributed by atoms with Gasteiger partial charge in [-0.25, -0.2) is 12.8 Å². The first-order valence-corrected chi connectivity index (χ1v) is 14.9. The van der Waals surface area contributed by atoms with Crippen LogP contribution in [-0.4, -0.2) is 32.1 Å². The van der Waals surface area contributed by atoms with Gasteiger partial charge in [0.25, 0.3) is 5.91 Å². The van der Waals surface area contributed by atoms with E-state index < -0.39 is 15.8 Å². The van der Waals surface area contributed by atoms with Crippen molar-refractivity contribution in [1.29, 1.82) is 0 Å². The van der Waals surface area contributed by atoms with Crippen LogP contribution in [0.5, 0.6) is 0 Å². The van der Waals surface area contributed by atoms with E-state index in [1.54, 1.807) is 25.3 Å². The first-order chi connectivity index (χ1) is 20.3. The zero-order valence-electron chi connectivity index (χ0n) is 22.8. The van der Waals surface area contributed by atoms with Crippen LogP contribution in [0.2, 0.25) is 0 Å². The highest BCUT2D eigenvalue weighted by Crippen LogP contribution is 2.41. The van der Waals surface area contributed by atoms with Gasteiger partial charge in [0.15, 0.2) is 0 Å². The van der Waals surface area contributed by atoms with Crippen molar-refractivity contribution in [2.24, 2.45) is 0 Å². The van der Waals surface area contributed by atoms with Crippen LogP contribution in [0, 0.1) is 5.82 Å². The fraction of sp³-hybridized carbons (Fsp3) is 0.0909. The number of benzene rings is 4. The van der Waals surface area contributed by atoms with Gasteiger partial charge in [-0.15, -0.1) is 0 Å². The number of nitrogens with one attached hydrogen (secondary N) is 2. The van der Waals surface area contributed by atoms with Crippen LogP contribution in [0.3, 0.4) is 0 Å². The van der Waals surface area contributed by atoms with Gasteiger partial charge in [-0.05, 0) is 77.5 Å². The second-order valence-electron chi connectivity index (χ2n) is 9.81. The van der Waals surface area contributed by atoms with Gasteiger partial charge < -0.3 is 9.73 Å². The molecule has 4 aromatic carbocycles. The van der Waals surface area contributed by atoms with Crippen LogP contribution >= 0.6 is 0 Å². The predicted octanol–water partition coefficient (Wildman–Crippen LogP) is 7.24. The Hall–Kier alpha value is -5.02. The van der Waals surface area contributed by atoms with Crippen molar-refractivity contribution in [3.63, 3.8) is 0 Å². The first-order valence-electron chi connectivity index (χ1n) is 13.3. The summed E-state index contributed by atoms with van der Waals surface area (Å²) in [5.74, 6) is -0.678. The highest BCUT2D eigenvalue weighted by molar-refractivity contribution is 7.92. The molecule has 7 nitrogen and oxygen atoms in total. The number of fused-ring (bicyclic) bond motifs is 2. The zero-order chi connectivity index (χ0) is 29.4. The number of hydrogen-bond donors (Lipinski definition) is 2. The maximum atomic E-state index is 13.7. The van der Waals surface area contributed by atoms with Crippen LogP contribution in [0.4, 0.5) is 10.1 Å². The third-order valence-electron chi connectivity index (χ3n) is 7.18. The number of aromatic nitrogens is 1. The minimum atomic E-state index is -3.66. The molecule has 42 heavy (non-hydrogen) atoms. The zero-order valence-corrected chi connectivity index (χ0v) is 23.6. The van der Waals surface area contributed by atoms with E-state index in [9.17, 15) is 17.6 Å². The molecule has 2 aromatic heterocycles. The monoisotopic (exact) mass is 579 g/mol. The maximum Gasteiger partial charge on any atom is 0.255 e. The average Bonchev–Trinajstić information content (AvgIpc) is 3.38. The van der Waals surface area contributed by atoms with Crippen molar-refractivity contribution in [1.82, 2.24) is 10.3 Å². The van der Waals surface area contributed by atoms with E-state index in [0.717, 1.165) is 27.5 Å². The Labute approximate surface area is 242 Å². The van der Waals surface area contributed by atoms with E-state index >= 15 is 0 Å². The summed E-state index contributed by atoms with van der Waals surface area (Å²) in [4.78, 5) is 17.3. The Morgan fingerprint density at radius 2 is 1.62 bits per heavy atom. The minimum Gasteiger partial charge on any atom is -0.455 e. The molecule has 1 amide bonds. The summed E-state index contributed by atoms with van der Waals surface area (Å²) in [5.41, 5.74) is 4.63. The van der Waals surface area contributed by atoms with Gasteiger partial charge in [-0.2, -0.15) is 0 Å². The Morgan fingerprint density at radius 1 is 0.881 bits per heavy atom. The van der Waals surface area contributed by atoms with Crippen molar-refractivity contribution < 1.29 is 22.0 Å². The summed E-state index contributed by atoms with van der Waals surface area (Å²) in [5, 5.41) is 5.23. The minimum absolute atomic E-state index is 0.126. The molecule has 0 radical (unpaired) electrons. The molecule has 0 aliphatic carbocycles. The first kappa shape index (κ1) is 27.2.